The molecule has 0 saturated carbocycles. The fourth-order valence-electron chi connectivity index (χ4n) is 1.79. The Morgan fingerprint density at radius 3 is 2.39 bits per heavy atom. The minimum absolute atomic E-state index is 0.167. The maximum Gasteiger partial charge on any atom is 0.416 e. The first kappa shape index (κ1) is 12.7. The average Bonchev–Trinajstić information content (AvgIpc) is 2.70. The molecule has 1 unspecified atom stereocenters. The van der Waals surface area contributed by atoms with Gasteiger partial charge in [0.15, 0.2) is 0 Å². The van der Waals surface area contributed by atoms with E-state index in [-0.39, 0.29) is 12.1 Å². The molecular formula is C11H12F3N3O. The minimum Gasteiger partial charge on any atom is -0.332 e. The van der Waals surface area contributed by atoms with Gasteiger partial charge in [0.05, 0.1) is 11.6 Å². The summed E-state index contributed by atoms with van der Waals surface area (Å²) in [7, 11) is 0. The van der Waals surface area contributed by atoms with Crippen LogP contribution < -0.4 is 16.0 Å². The van der Waals surface area contributed by atoms with Crippen molar-refractivity contribution in [1.29, 1.82) is 0 Å². The fourth-order valence-corrected chi connectivity index (χ4v) is 1.79. The highest BCUT2D eigenvalue weighted by Crippen LogP contribution is 2.30. The van der Waals surface area contributed by atoms with Crippen LogP contribution >= 0.6 is 0 Å². The van der Waals surface area contributed by atoms with Crippen molar-refractivity contribution in [2.75, 3.05) is 18.0 Å². The Bertz CT molecular complexity index is 444. The number of amides is 2. The highest BCUT2D eigenvalue weighted by Gasteiger charge is 2.32. The van der Waals surface area contributed by atoms with Crippen LogP contribution in [0.25, 0.3) is 0 Å². The number of nitrogens with one attached hydrogen (secondary N) is 1. The van der Waals surface area contributed by atoms with E-state index >= 15 is 0 Å². The summed E-state index contributed by atoms with van der Waals surface area (Å²) in [6.45, 7) is 0.656. The van der Waals surface area contributed by atoms with Crippen LogP contribution in [0.4, 0.5) is 23.7 Å². The van der Waals surface area contributed by atoms with E-state index in [0.717, 1.165) is 12.1 Å². The second-order valence-electron chi connectivity index (χ2n) is 4.04. The topological polar surface area (TPSA) is 58.4 Å². The summed E-state index contributed by atoms with van der Waals surface area (Å²) in [6.07, 6.45) is -4.37. The Kier molecular flexibility index (Phi) is 3.16. The van der Waals surface area contributed by atoms with Gasteiger partial charge in [-0.2, -0.15) is 13.2 Å². The second kappa shape index (κ2) is 4.49. The molecule has 1 atom stereocenters. The summed E-state index contributed by atoms with van der Waals surface area (Å²) in [5, 5.41) is 2.64. The lowest BCUT2D eigenvalue weighted by atomic mass is 10.2. The first-order valence-corrected chi connectivity index (χ1v) is 5.37. The van der Waals surface area contributed by atoms with Crippen molar-refractivity contribution < 1.29 is 18.0 Å². The molecule has 18 heavy (non-hydrogen) atoms. The van der Waals surface area contributed by atoms with Gasteiger partial charge in [0, 0.05) is 18.8 Å². The van der Waals surface area contributed by atoms with Gasteiger partial charge in [-0.1, -0.05) is 0 Å². The summed E-state index contributed by atoms with van der Waals surface area (Å²) in [4.78, 5) is 12.9. The number of alkyl halides is 3. The number of carbonyl (C=O) groups excluding carboxylic acids is 1. The molecule has 0 aliphatic carbocycles. The fraction of sp³-hybridized carbons (Fsp3) is 0.364. The van der Waals surface area contributed by atoms with Gasteiger partial charge in [0.1, 0.15) is 0 Å². The number of halogens is 3. The van der Waals surface area contributed by atoms with E-state index in [4.69, 9.17) is 5.73 Å². The number of hydrogen-bond donors (Lipinski definition) is 2. The van der Waals surface area contributed by atoms with Crippen molar-refractivity contribution in [3.05, 3.63) is 29.8 Å². The molecule has 0 radical (unpaired) electrons. The zero-order valence-corrected chi connectivity index (χ0v) is 9.37. The van der Waals surface area contributed by atoms with Gasteiger partial charge >= 0.3 is 12.2 Å². The molecule has 0 aromatic heterocycles. The van der Waals surface area contributed by atoms with Crippen LogP contribution in [0.5, 0.6) is 0 Å². The van der Waals surface area contributed by atoms with E-state index < -0.39 is 11.7 Å². The summed E-state index contributed by atoms with van der Waals surface area (Å²) in [5.41, 5.74) is 5.12. The number of rotatable bonds is 2. The molecule has 0 spiro atoms. The van der Waals surface area contributed by atoms with E-state index in [0.29, 0.717) is 18.8 Å². The molecule has 1 aromatic carbocycles. The Morgan fingerprint density at radius 2 is 1.94 bits per heavy atom. The van der Waals surface area contributed by atoms with Gasteiger partial charge in [0.25, 0.3) is 0 Å². The molecule has 2 amide bonds. The van der Waals surface area contributed by atoms with Gasteiger partial charge in [0.2, 0.25) is 0 Å². The third kappa shape index (κ3) is 2.40. The Hall–Kier alpha value is -1.76. The number of nitrogens with zero attached hydrogens (tertiary/aromatic N) is 1. The minimum atomic E-state index is -4.37. The third-order valence-corrected chi connectivity index (χ3v) is 2.77. The molecule has 2 rings (SSSR count). The van der Waals surface area contributed by atoms with Gasteiger partial charge < -0.3 is 11.1 Å². The lowest BCUT2D eigenvalue weighted by molar-refractivity contribution is -0.137. The average molecular weight is 259 g/mol. The number of benzene rings is 1. The van der Waals surface area contributed by atoms with Crippen molar-refractivity contribution in [3.63, 3.8) is 0 Å². The van der Waals surface area contributed by atoms with Crippen molar-refractivity contribution in [2.45, 2.75) is 12.2 Å². The van der Waals surface area contributed by atoms with E-state index in [9.17, 15) is 18.0 Å². The predicted molar refractivity (Wildman–Crippen MR) is 60.2 cm³/mol. The molecule has 0 bridgehead atoms. The monoisotopic (exact) mass is 259 g/mol. The summed E-state index contributed by atoms with van der Waals surface area (Å²) in [5.74, 6) is 0. The van der Waals surface area contributed by atoms with Gasteiger partial charge in [-0.25, -0.2) is 4.79 Å². The van der Waals surface area contributed by atoms with Gasteiger partial charge in [-0.05, 0) is 24.3 Å². The summed E-state index contributed by atoms with van der Waals surface area (Å²) in [6, 6.07) is 3.96. The molecule has 1 aliphatic heterocycles. The van der Waals surface area contributed by atoms with Crippen LogP contribution in [-0.2, 0) is 6.18 Å². The SMILES string of the molecule is NCC1CN(c2ccc(C(F)(F)F)cc2)C(=O)N1. The Labute approximate surface area is 102 Å². The molecule has 1 saturated heterocycles. The number of nitrogens with two attached hydrogens (primary N) is 1. The van der Waals surface area contributed by atoms with Crippen LogP contribution in [0.3, 0.4) is 0 Å². The van der Waals surface area contributed by atoms with Crippen molar-refractivity contribution in [3.8, 4) is 0 Å². The maximum atomic E-state index is 12.4. The molecule has 1 fully saturated rings. The Morgan fingerprint density at radius 1 is 1.33 bits per heavy atom. The molecular weight excluding hydrogens is 247 g/mol. The predicted octanol–water partition coefficient (Wildman–Crippen LogP) is 1.56. The number of anilines is 1. The molecule has 7 heteroatoms. The van der Waals surface area contributed by atoms with Crippen molar-refractivity contribution in [1.82, 2.24) is 5.32 Å². The van der Waals surface area contributed by atoms with Gasteiger partial charge in [-0.3, -0.25) is 4.90 Å². The van der Waals surface area contributed by atoms with Crippen LogP contribution in [0.15, 0.2) is 24.3 Å². The highest BCUT2D eigenvalue weighted by molar-refractivity contribution is 5.94. The van der Waals surface area contributed by atoms with Crippen LogP contribution in [0.2, 0.25) is 0 Å². The third-order valence-electron chi connectivity index (χ3n) is 2.77. The second-order valence-corrected chi connectivity index (χ2v) is 4.04. The molecule has 1 aromatic rings. The standard InChI is InChI=1S/C11H12F3N3O/c12-11(13,14)7-1-3-9(4-2-7)17-6-8(5-15)16-10(17)18/h1-4,8H,5-6,15H2,(H,16,18). The number of urea groups is 1. The van der Waals surface area contributed by atoms with Crippen molar-refractivity contribution >= 4 is 11.7 Å². The van der Waals surface area contributed by atoms with Gasteiger partial charge in [-0.15, -0.1) is 0 Å². The number of carbonyl (C=O) groups is 1. The zero-order chi connectivity index (χ0) is 13.3. The quantitative estimate of drug-likeness (QED) is 0.846. The van der Waals surface area contributed by atoms with Crippen LogP contribution in [0, 0.1) is 0 Å². The zero-order valence-electron chi connectivity index (χ0n) is 9.37. The van der Waals surface area contributed by atoms with E-state index in [1.54, 1.807) is 0 Å². The molecule has 98 valence electrons. The molecule has 4 nitrogen and oxygen atoms in total. The first-order chi connectivity index (χ1) is 8.41. The normalized spacial score (nSPS) is 20.1. The van der Waals surface area contributed by atoms with Crippen LogP contribution in [-0.4, -0.2) is 25.2 Å². The highest BCUT2D eigenvalue weighted by atomic mass is 19.4. The lowest BCUT2D eigenvalue weighted by Gasteiger charge is -2.15. The summed E-state index contributed by atoms with van der Waals surface area (Å²) < 4.78 is 37.1. The van der Waals surface area contributed by atoms with E-state index in [1.165, 1.54) is 17.0 Å². The molecule has 3 N–H and O–H groups in total. The smallest absolute Gasteiger partial charge is 0.332 e. The van der Waals surface area contributed by atoms with E-state index in [2.05, 4.69) is 5.32 Å². The molecule has 1 aliphatic rings. The molecule has 1 heterocycles. The van der Waals surface area contributed by atoms with Crippen molar-refractivity contribution in [2.24, 2.45) is 5.73 Å². The summed E-state index contributed by atoms with van der Waals surface area (Å²) >= 11 is 0. The van der Waals surface area contributed by atoms with Crippen LogP contribution in [0.1, 0.15) is 5.56 Å². The lowest BCUT2D eigenvalue weighted by Crippen LogP contribution is -2.33. The first-order valence-electron chi connectivity index (χ1n) is 5.37. The Balaban J connectivity index is 2.18. The maximum absolute atomic E-state index is 12.4. The number of hydrogen-bond acceptors (Lipinski definition) is 2. The largest absolute Gasteiger partial charge is 0.416 e. The van der Waals surface area contributed by atoms with E-state index in [1.807, 2.05) is 0 Å².